The summed E-state index contributed by atoms with van der Waals surface area (Å²) in [4.78, 5) is 2.50. The van der Waals surface area contributed by atoms with Crippen LogP contribution >= 0.6 is 0 Å². The van der Waals surface area contributed by atoms with Gasteiger partial charge in [0, 0.05) is 18.7 Å². The molecule has 2 heterocycles. The van der Waals surface area contributed by atoms with Crippen molar-refractivity contribution in [1.82, 2.24) is 10.2 Å². The Labute approximate surface area is 111 Å². The number of ether oxygens (including phenoxy) is 1. The molecule has 0 saturated carbocycles. The van der Waals surface area contributed by atoms with Crippen LogP contribution in [0.15, 0.2) is 0 Å². The Morgan fingerprint density at radius 1 is 1.39 bits per heavy atom. The van der Waals surface area contributed by atoms with Gasteiger partial charge in [-0.1, -0.05) is 6.92 Å². The van der Waals surface area contributed by atoms with Gasteiger partial charge in [0.2, 0.25) is 0 Å². The molecule has 2 fully saturated rings. The average molecular weight is 256 g/mol. The van der Waals surface area contributed by atoms with E-state index < -0.39 is 0 Å². The number of nitrogens with zero attached hydrogens (tertiary/aromatic N) is 1. The SMILES string of the molecule is CCCN1CCC(CO)(NCC2CCCO2)CC1. The molecule has 0 aromatic heterocycles. The predicted octanol–water partition coefficient (Wildman–Crippen LogP) is 0.992. The maximum Gasteiger partial charge on any atom is 0.0700 e. The van der Waals surface area contributed by atoms with Gasteiger partial charge in [-0.3, -0.25) is 0 Å². The van der Waals surface area contributed by atoms with Crippen molar-refractivity contribution in [2.45, 2.75) is 50.7 Å². The smallest absolute Gasteiger partial charge is 0.0700 e. The Kier molecular flexibility index (Phi) is 5.42. The second-order valence-electron chi connectivity index (χ2n) is 5.80. The molecule has 1 atom stereocenters. The lowest BCUT2D eigenvalue weighted by Gasteiger charge is -2.42. The number of likely N-dealkylation sites (tertiary alicyclic amines) is 1. The second-order valence-corrected chi connectivity index (χ2v) is 5.80. The summed E-state index contributed by atoms with van der Waals surface area (Å²) in [6, 6.07) is 0. The molecule has 0 aliphatic carbocycles. The highest BCUT2D eigenvalue weighted by Crippen LogP contribution is 2.23. The summed E-state index contributed by atoms with van der Waals surface area (Å²) >= 11 is 0. The number of rotatable bonds is 6. The highest BCUT2D eigenvalue weighted by Gasteiger charge is 2.34. The first-order valence-electron chi connectivity index (χ1n) is 7.48. The maximum absolute atomic E-state index is 9.71. The monoisotopic (exact) mass is 256 g/mol. The number of piperidine rings is 1. The van der Waals surface area contributed by atoms with Gasteiger partial charge >= 0.3 is 0 Å². The molecule has 2 aliphatic heterocycles. The van der Waals surface area contributed by atoms with Crippen LogP contribution in [-0.4, -0.2) is 61.0 Å². The molecule has 0 spiro atoms. The molecule has 0 aromatic rings. The molecule has 2 aliphatic rings. The Balaban J connectivity index is 1.76. The van der Waals surface area contributed by atoms with E-state index in [1.807, 2.05) is 0 Å². The minimum absolute atomic E-state index is 0.0593. The first-order valence-corrected chi connectivity index (χ1v) is 7.48. The quantitative estimate of drug-likeness (QED) is 0.744. The fourth-order valence-corrected chi connectivity index (χ4v) is 3.05. The predicted molar refractivity (Wildman–Crippen MR) is 72.8 cm³/mol. The summed E-state index contributed by atoms with van der Waals surface area (Å²) in [5.41, 5.74) is -0.0593. The van der Waals surface area contributed by atoms with Crippen molar-refractivity contribution < 1.29 is 9.84 Å². The molecular formula is C14H28N2O2. The van der Waals surface area contributed by atoms with Gasteiger partial charge in [0.15, 0.2) is 0 Å². The molecule has 0 amide bonds. The molecule has 0 bridgehead atoms. The maximum atomic E-state index is 9.71. The highest BCUT2D eigenvalue weighted by molar-refractivity contribution is 4.93. The average Bonchev–Trinajstić information content (AvgIpc) is 2.92. The van der Waals surface area contributed by atoms with Gasteiger partial charge in [-0.25, -0.2) is 0 Å². The van der Waals surface area contributed by atoms with Gasteiger partial charge in [-0.15, -0.1) is 0 Å². The lowest BCUT2D eigenvalue weighted by molar-refractivity contribution is 0.0546. The van der Waals surface area contributed by atoms with Crippen molar-refractivity contribution in [2.75, 3.05) is 39.4 Å². The number of nitrogens with one attached hydrogen (secondary N) is 1. The zero-order valence-corrected chi connectivity index (χ0v) is 11.7. The molecule has 106 valence electrons. The summed E-state index contributed by atoms with van der Waals surface area (Å²) < 4.78 is 5.64. The normalized spacial score (nSPS) is 28.7. The number of aliphatic hydroxyl groups excluding tert-OH is 1. The van der Waals surface area contributed by atoms with Gasteiger partial charge in [-0.2, -0.15) is 0 Å². The molecule has 0 radical (unpaired) electrons. The van der Waals surface area contributed by atoms with Gasteiger partial charge in [0.25, 0.3) is 0 Å². The fourth-order valence-electron chi connectivity index (χ4n) is 3.05. The number of hydrogen-bond donors (Lipinski definition) is 2. The molecule has 0 aromatic carbocycles. The van der Waals surface area contributed by atoms with Gasteiger partial charge in [0.05, 0.1) is 12.7 Å². The standard InChI is InChI=1S/C14H28N2O2/c1-2-7-16-8-5-14(12-17,6-9-16)15-11-13-4-3-10-18-13/h13,15,17H,2-12H2,1H3. The summed E-state index contributed by atoms with van der Waals surface area (Å²) in [7, 11) is 0. The van der Waals surface area contributed by atoms with Crippen molar-refractivity contribution in [3.05, 3.63) is 0 Å². The summed E-state index contributed by atoms with van der Waals surface area (Å²) in [5, 5.41) is 13.3. The van der Waals surface area contributed by atoms with Crippen LogP contribution in [0.25, 0.3) is 0 Å². The third-order valence-electron chi connectivity index (χ3n) is 4.38. The van der Waals surface area contributed by atoms with Crippen LogP contribution in [0.4, 0.5) is 0 Å². The van der Waals surface area contributed by atoms with E-state index in [-0.39, 0.29) is 12.1 Å². The van der Waals surface area contributed by atoms with E-state index in [4.69, 9.17) is 4.74 Å². The van der Waals surface area contributed by atoms with E-state index in [1.54, 1.807) is 0 Å². The minimum atomic E-state index is -0.0593. The van der Waals surface area contributed by atoms with Crippen LogP contribution < -0.4 is 5.32 Å². The van der Waals surface area contributed by atoms with Crippen LogP contribution in [0.1, 0.15) is 39.0 Å². The Morgan fingerprint density at radius 2 is 2.17 bits per heavy atom. The third-order valence-corrected chi connectivity index (χ3v) is 4.38. The van der Waals surface area contributed by atoms with Crippen LogP contribution in [0.3, 0.4) is 0 Å². The van der Waals surface area contributed by atoms with Gasteiger partial charge in [-0.05, 0) is 51.7 Å². The lowest BCUT2D eigenvalue weighted by Crippen LogP contribution is -2.57. The molecular weight excluding hydrogens is 228 g/mol. The molecule has 2 rings (SSSR count). The van der Waals surface area contributed by atoms with E-state index in [0.29, 0.717) is 6.10 Å². The van der Waals surface area contributed by atoms with E-state index >= 15 is 0 Å². The molecule has 18 heavy (non-hydrogen) atoms. The van der Waals surface area contributed by atoms with Crippen molar-refractivity contribution >= 4 is 0 Å². The fraction of sp³-hybridized carbons (Fsp3) is 1.00. The van der Waals surface area contributed by atoms with E-state index in [0.717, 1.165) is 45.5 Å². The van der Waals surface area contributed by atoms with Gasteiger partial charge in [0.1, 0.15) is 0 Å². The summed E-state index contributed by atoms with van der Waals surface area (Å²) in [6.45, 7) is 7.67. The summed E-state index contributed by atoms with van der Waals surface area (Å²) in [5.74, 6) is 0. The Hall–Kier alpha value is -0.160. The van der Waals surface area contributed by atoms with E-state index in [2.05, 4.69) is 17.1 Å². The first-order chi connectivity index (χ1) is 8.78. The zero-order valence-electron chi connectivity index (χ0n) is 11.7. The van der Waals surface area contributed by atoms with Crippen LogP contribution in [0.2, 0.25) is 0 Å². The Morgan fingerprint density at radius 3 is 2.72 bits per heavy atom. The topological polar surface area (TPSA) is 44.7 Å². The van der Waals surface area contributed by atoms with Crippen LogP contribution in [0, 0.1) is 0 Å². The Bertz CT molecular complexity index is 234. The zero-order chi connectivity index (χ0) is 12.8. The molecule has 2 saturated heterocycles. The molecule has 4 nitrogen and oxygen atoms in total. The largest absolute Gasteiger partial charge is 0.394 e. The van der Waals surface area contributed by atoms with E-state index in [1.165, 1.54) is 19.4 Å². The van der Waals surface area contributed by atoms with Crippen LogP contribution in [0.5, 0.6) is 0 Å². The molecule has 4 heteroatoms. The lowest BCUT2D eigenvalue weighted by atomic mass is 9.88. The number of aliphatic hydroxyl groups is 1. The van der Waals surface area contributed by atoms with Gasteiger partial charge < -0.3 is 20.1 Å². The first kappa shape index (κ1) is 14.3. The summed E-state index contributed by atoms with van der Waals surface area (Å²) in [6.07, 6.45) is 6.03. The third kappa shape index (κ3) is 3.67. The second kappa shape index (κ2) is 6.85. The minimum Gasteiger partial charge on any atom is -0.394 e. The highest BCUT2D eigenvalue weighted by atomic mass is 16.5. The van der Waals surface area contributed by atoms with Crippen molar-refractivity contribution in [1.29, 1.82) is 0 Å². The van der Waals surface area contributed by atoms with E-state index in [9.17, 15) is 5.11 Å². The van der Waals surface area contributed by atoms with Crippen molar-refractivity contribution in [3.8, 4) is 0 Å². The molecule has 1 unspecified atom stereocenters. The number of hydrogen-bond acceptors (Lipinski definition) is 4. The van der Waals surface area contributed by atoms with Crippen molar-refractivity contribution in [2.24, 2.45) is 0 Å². The van der Waals surface area contributed by atoms with Crippen molar-refractivity contribution in [3.63, 3.8) is 0 Å². The molecule has 2 N–H and O–H groups in total. The van der Waals surface area contributed by atoms with Crippen LogP contribution in [-0.2, 0) is 4.74 Å².